The maximum atomic E-state index is 12.6. The Labute approximate surface area is 182 Å². The number of hydrogen-bond donors (Lipinski definition) is 2. The number of likely N-dealkylation sites (tertiary alicyclic amines) is 1. The number of hydrazine groups is 1. The van der Waals surface area contributed by atoms with Crippen molar-refractivity contribution in [3.8, 4) is 0 Å². The summed E-state index contributed by atoms with van der Waals surface area (Å²) in [5.74, 6) is -0.0734. The molecule has 1 fully saturated rings. The van der Waals surface area contributed by atoms with Gasteiger partial charge in [-0.05, 0) is 62.0 Å². The van der Waals surface area contributed by atoms with Crippen molar-refractivity contribution in [3.63, 3.8) is 0 Å². The van der Waals surface area contributed by atoms with Gasteiger partial charge in [0, 0.05) is 23.9 Å². The molecular formula is C22H33N3O4S. The molecule has 2 heterocycles. The van der Waals surface area contributed by atoms with Crippen LogP contribution in [0.25, 0.3) is 0 Å². The smallest absolute Gasteiger partial charge is 0.409 e. The van der Waals surface area contributed by atoms with Crippen LogP contribution in [-0.4, -0.2) is 42.5 Å². The van der Waals surface area contributed by atoms with E-state index < -0.39 is 0 Å². The molecule has 1 atom stereocenters. The molecular weight excluding hydrogens is 402 g/mol. The van der Waals surface area contributed by atoms with E-state index >= 15 is 0 Å². The van der Waals surface area contributed by atoms with E-state index in [1.807, 2.05) is 6.07 Å². The van der Waals surface area contributed by atoms with Crippen LogP contribution in [0, 0.1) is 17.3 Å². The van der Waals surface area contributed by atoms with Crippen molar-refractivity contribution in [2.75, 3.05) is 19.7 Å². The van der Waals surface area contributed by atoms with Crippen LogP contribution in [0.15, 0.2) is 6.07 Å². The molecule has 1 saturated heterocycles. The SMILES string of the molecule is CCOC(=O)N1CCC(C(=O)NNC(=O)c2cc3c(s2)CC[C@@H](C(C)(C)C)C3)CC1. The van der Waals surface area contributed by atoms with Gasteiger partial charge in [0.1, 0.15) is 0 Å². The van der Waals surface area contributed by atoms with Crippen molar-refractivity contribution < 1.29 is 19.1 Å². The fraction of sp³-hybridized carbons (Fsp3) is 0.682. The van der Waals surface area contributed by atoms with Gasteiger partial charge in [0.2, 0.25) is 5.91 Å². The van der Waals surface area contributed by atoms with Gasteiger partial charge in [-0.25, -0.2) is 4.79 Å². The minimum absolute atomic E-state index is 0.207. The average Bonchev–Trinajstić information content (AvgIpc) is 3.15. The van der Waals surface area contributed by atoms with Gasteiger partial charge in [-0.2, -0.15) is 0 Å². The molecule has 1 aliphatic carbocycles. The largest absolute Gasteiger partial charge is 0.450 e. The fourth-order valence-corrected chi connectivity index (χ4v) is 5.30. The summed E-state index contributed by atoms with van der Waals surface area (Å²) < 4.78 is 5.00. The predicted molar refractivity (Wildman–Crippen MR) is 116 cm³/mol. The molecule has 0 radical (unpaired) electrons. The number of aryl methyl sites for hydroxylation is 1. The summed E-state index contributed by atoms with van der Waals surface area (Å²) in [5.41, 5.74) is 6.67. The molecule has 0 spiro atoms. The molecule has 8 heteroatoms. The lowest BCUT2D eigenvalue weighted by atomic mass is 9.72. The van der Waals surface area contributed by atoms with Crippen molar-refractivity contribution in [1.82, 2.24) is 15.8 Å². The second-order valence-corrected chi connectivity index (χ2v) is 10.4. The molecule has 2 aliphatic rings. The molecule has 0 saturated carbocycles. The number of amides is 3. The van der Waals surface area contributed by atoms with Crippen molar-refractivity contribution in [1.29, 1.82) is 0 Å². The van der Waals surface area contributed by atoms with Gasteiger partial charge in [-0.1, -0.05) is 20.8 Å². The Hall–Kier alpha value is -2.09. The minimum Gasteiger partial charge on any atom is -0.450 e. The zero-order chi connectivity index (χ0) is 21.9. The summed E-state index contributed by atoms with van der Waals surface area (Å²) in [6, 6.07) is 1.98. The van der Waals surface area contributed by atoms with E-state index in [1.165, 1.54) is 21.8 Å². The second-order valence-electron chi connectivity index (χ2n) is 9.27. The number of rotatable bonds is 3. The Kier molecular flexibility index (Phi) is 7.06. The van der Waals surface area contributed by atoms with Gasteiger partial charge >= 0.3 is 6.09 Å². The van der Waals surface area contributed by atoms with Crippen LogP contribution in [-0.2, 0) is 22.4 Å². The molecule has 3 rings (SSSR count). The Balaban J connectivity index is 1.48. The van der Waals surface area contributed by atoms with Crippen LogP contribution < -0.4 is 10.9 Å². The van der Waals surface area contributed by atoms with E-state index in [9.17, 15) is 14.4 Å². The number of carbonyl (C=O) groups excluding carboxylic acids is 3. The number of hydrogen-bond acceptors (Lipinski definition) is 5. The van der Waals surface area contributed by atoms with Crippen LogP contribution in [0.2, 0.25) is 0 Å². The molecule has 2 N–H and O–H groups in total. The molecule has 0 bridgehead atoms. The number of thiophene rings is 1. The van der Waals surface area contributed by atoms with Crippen LogP contribution in [0.3, 0.4) is 0 Å². The Morgan fingerprint density at radius 2 is 1.87 bits per heavy atom. The maximum absolute atomic E-state index is 12.6. The predicted octanol–water partition coefficient (Wildman–Crippen LogP) is 3.53. The third-order valence-corrected chi connectivity index (χ3v) is 7.46. The van der Waals surface area contributed by atoms with E-state index in [4.69, 9.17) is 4.74 Å². The first kappa shape index (κ1) is 22.6. The van der Waals surface area contributed by atoms with Gasteiger partial charge in [0.05, 0.1) is 11.5 Å². The molecule has 30 heavy (non-hydrogen) atoms. The first-order valence-electron chi connectivity index (χ1n) is 10.8. The Morgan fingerprint density at radius 1 is 1.17 bits per heavy atom. The fourth-order valence-electron chi connectivity index (χ4n) is 4.20. The topological polar surface area (TPSA) is 87.7 Å². The molecule has 0 unspecified atom stereocenters. The molecule has 1 aromatic rings. The van der Waals surface area contributed by atoms with Gasteiger partial charge in [0.25, 0.3) is 5.91 Å². The van der Waals surface area contributed by atoms with E-state index in [-0.39, 0.29) is 29.2 Å². The third kappa shape index (κ3) is 5.33. The number of piperidine rings is 1. The number of nitrogens with zero attached hydrogens (tertiary/aromatic N) is 1. The maximum Gasteiger partial charge on any atom is 0.409 e. The molecule has 7 nitrogen and oxygen atoms in total. The molecule has 1 aromatic heterocycles. The van der Waals surface area contributed by atoms with E-state index in [0.29, 0.717) is 43.3 Å². The second kappa shape index (κ2) is 9.37. The number of nitrogens with one attached hydrogen (secondary N) is 2. The quantitative estimate of drug-likeness (QED) is 0.711. The summed E-state index contributed by atoms with van der Waals surface area (Å²) in [6.45, 7) is 9.90. The first-order chi connectivity index (χ1) is 14.2. The highest BCUT2D eigenvalue weighted by Crippen LogP contribution is 2.40. The van der Waals surface area contributed by atoms with Crippen LogP contribution in [0.1, 0.15) is 67.1 Å². The van der Waals surface area contributed by atoms with E-state index in [2.05, 4.69) is 31.6 Å². The zero-order valence-electron chi connectivity index (χ0n) is 18.4. The van der Waals surface area contributed by atoms with Gasteiger partial charge in [-0.3, -0.25) is 20.4 Å². The highest BCUT2D eigenvalue weighted by Gasteiger charge is 2.31. The third-order valence-electron chi connectivity index (χ3n) is 6.22. The van der Waals surface area contributed by atoms with Crippen molar-refractivity contribution >= 4 is 29.2 Å². The normalized spacial score (nSPS) is 19.7. The summed E-state index contributed by atoms with van der Waals surface area (Å²) >= 11 is 1.53. The number of carbonyl (C=O) groups is 3. The lowest BCUT2D eigenvalue weighted by Crippen LogP contribution is -2.48. The van der Waals surface area contributed by atoms with Crippen molar-refractivity contribution in [2.24, 2.45) is 17.3 Å². The van der Waals surface area contributed by atoms with Crippen LogP contribution in [0.5, 0.6) is 0 Å². The Morgan fingerprint density at radius 3 is 2.50 bits per heavy atom. The van der Waals surface area contributed by atoms with Gasteiger partial charge in [-0.15, -0.1) is 11.3 Å². The lowest BCUT2D eigenvalue weighted by Gasteiger charge is -2.33. The standard InChI is InChI=1S/C22H33N3O4S/c1-5-29-21(28)25-10-8-14(9-11-25)19(26)23-24-20(27)18-13-15-12-16(22(2,3)4)6-7-17(15)30-18/h13-14,16H,5-12H2,1-4H3,(H,23,26)(H,24,27)/t16-/m1/s1. The average molecular weight is 436 g/mol. The van der Waals surface area contributed by atoms with E-state index in [0.717, 1.165) is 19.3 Å². The molecule has 3 amide bonds. The highest BCUT2D eigenvalue weighted by molar-refractivity contribution is 7.14. The Bertz CT molecular complexity index is 791. The summed E-state index contributed by atoms with van der Waals surface area (Å²) in [7, 11) is 0. The molecule has 1 aliphatic heterocycles. The molecule has 166 valence electrons. The number of ether oxygens (including phenoxy) is 1. The monoisotopic (exact) mass is 435 g/mol. The first-order valence-corrected chi connectivity index (χ1v) is 11.6. The van der Waals surface area contributed by atoms with E-state index in [1.54, 1.807) is 11.8 Å². The van der Waals surface area contributed by atoms with Gasteiger partial charge < -0.3 is 9.64 Å². The van der Waals surface area contributed by atoms with Crippen LogP contribution >= 0.6 is 11.3 Å². The molecule has 0 aromatic carbocycles. The highest BCUT2D eigenvalue weighted by atomic mass is 32.1. The summed E-state index contributed by atoms with van der Waals surface area (Å²) in [5, 5.41) is 0. The summed E-state index contributed by atoms with van der Waals surface area (Å²) in [6.07, 6.45) is 3.96. The van der Waals surface area contributed by atoms with Crippen LogP contribution in [0.4, 0.5) is 4.79 Å². The van der Waals surface area contributed by atoms with Crippen molar-refractivity contribution in [2.45, 2.75) is 59.8 Å². The lowest BCUT2D eigenvalue weighted by molar-refractivity contribution is -0.127. The zero-order valence-corrected chi connectivity index (χ0v) is 19.2. The van der Waals surface area contributed by atoms with Crippen molar-refractivity contribution in [3.05, 3.63) is 21.4 Å². The summed E-state index contributed by atoms with van der Waals surface area (Å²) in [4.78, 5) is 40.3. The number of fused-ring (bicyclic) bond motifs is 1. The minimum atomic E-state index is -0.333. The van der Waals surface area contributed by atoms with Gasteiger partial charge in [0.15, 0.2) is 0 Å².